The minimum atomic E-state index is -0.416. The number of piperidine rings is 1. The van der Waals surface area contributed by atoms with E-state index in [9.17, 15) is 9.59 Å². The van der Waals surface area contributed by atoms with Gasteiger partial charge in [0.15, 0.2) is 0 Å². The number of hydrogen-bond donors (Lipinski definition) is 2. The van der Waals surface area contributed by atoms with Crippen LogP contribution in [0, 0.1) is 0 Å². The zero-order valence-electron chi connectivity index (χ0n) is 13.3. The molecule has 1 aromatic rings. The van der Waals surface area contributed by atoms with Crippen LogP contribution in [-0.2, 0) is 4.79 Å². The first-order chi connectivity index (χ1) is 10.6. The standard InChI is InChI=1S/C16H24N4O2/c1-3-10(2)20-14(11-6-7-11)12(9-18-20)15(21)19-13-5-4-8-17-16(13)22/h9-11,13H,3-8H2,1-2H3,(H,17,22)(H,19,21)/t10-,13-/m0/s1. The van der Waals surface area contributed by atoms with E-state index in [2.05, 4.69) is 29.6 Å². The van der Waals surface area contributed by atoms with Crippen LogP contribution in [-0.4, -0.2) is 34.2 Å². The lowest BCUT2D eigenvalue weighted by Crippen LogP contribution is -2.50. The Morgan fingerprint density at radius 3 is 2.91 bits per heavy atom. The summed E-state index contributed by atoms with van der Waals surface area (Å²) in [6.45, 7) is 4.94. The third-order valence-corrected chi connectivity index (χ3v) is 4.64. The normalized spacial score (nSPS) is 23.0. The third-order valence-electron chi connectivity index (χ3n) is 4.64. The van der Waals surface area contributed by atoms with Gasteiger partial charge in [0, 0.05) is 18.5 Å². The zero-order valence-corrected chi connectivity index (χ0v) is 13.3. The molecule has 3 rings (SSSR count). The molecule has 1 aliphatic heterocycles. The van der Waals surface area contributed by atoms with Crippen LogP contribution < -0.4 is 10.6 Å². The summed E-state index contributed by atoms with van der Waals surface area (Å²) in [6, 6.07) is -0.129. The molecule has 22 heavy (non-hydrogen) atoms. The van der Waals surface area contributed by atoms with Crippen molar-refractivity contribution in [1.82, 2.24) is 20.4 Å². The molecule has 1 saturated carbocycles. The molecule has 1 saturated heterocycles. The molecule has 0 spiro atoms. The Balaban J connectivity index is 1.80. The van der Waals surface area contributed by atoms with Gasteiger partial charge in [0.25, 0.3) is 5.91 Å². The number of carbonyl (C=O) groups is 2. The lowest BCUT2D eigenvalue weighted by atomic mass is 10.1. The van der Waals surface area contributed by atoms with E-state index in [1.54, 1.807) is 6.20 Å². The van der Waals surface area contributed by atoms with Gasteiger partial charge in [0.05, 0.1) is 17.5 Å². The van der Waals surface area contributed by atoms with Crippen LogP contribution in [0.1, 0.15) is 74.0 Å². The summed E-state index contributed by atoms with van der Waals surface area (Å²) < 4.78 is 1.99. The second-order valence-corrected chi connectivity index (χ2v) is 6.38. The molecule has 120 valence electrons. The molecule has 6 heteroatoms. The summed E-state index contributed by atoms with van der Waals surface area (Å²) in [6.07, 6.45) is 6.48. The molecule has 2 atom stereocenters. The number of amides is 2. The van der Waals surface area contributed by atoms with E-state index in [-0.39, 0.29) is 17.9 Å². The molecule has 2 aliphatic rings. The molecule has 2 N–H and O–H groups in total. The van der Waals surface area contributed by atoms with Crippen LogP contribution in [0.2, 0.25) is 0 Å². The number of carbonyl (C=O) groups excluding carboxylic acids is 2. The summed E-state index contributed by atoms with van der Waals surface area (Å²) in [5.74, 6) is 0.192. The van der Waals surface area contributed by atoms with E-state index in [4.69, 9.17) is 0 Å². The summed E-state index contributed by atoms with van der Waals surface area (Å²) >= 11 is 0. The van der Waals surface area contributed by atoms with Gasteiger partial charge < -0.3 is 10.6 Å². The number of nitrogens with zero attached hydrogens (tertiary/aromatic N) is 2. The van der Waals surface area contributed by atoms with Crippen LogP contribution in [0.25, 0.3) is 0 Å². The average molecular weight is 304 g/mol. The molecule has 2 amide bonds. The van der Waals surface area contributed by atoms with E-state index >= 15 is 0 Å². The van der Waals surface area contributed by atoms with Crippen molar-refractivity contribution in [2.75, 3.05) is 6.54 Å². The number of rotatable bonds is 5. The van der Waals surface area contributed by atoms with Crippen molar-refractivity contribution in [2.24, 2.45) is 0 Å². The zero-order chi connectivity index (χ0) is 15.7. The Bertz CT molecular complexity index is 577. The van der Waals surface area contributed by atoms with Crippen LogP contribution in [0.4, 0.5) is 0 Å². The van der Waals surface area contributed by atoms with Gasteiger partial charge in [-0.2, -0.15) is 5.10 Å². The molecule has 0 aromatic carbocycles. The van der Waals surface area contributed by atoms with E-state index in [1.165, 1.54) is 0 Å². The molecule has 1 aromatic heterocycles. The summed E-state index contributed by atoms with van der Waals surface area (Å²) in [7, 11) is 0. The Hall–Kier alpha value is -1.85. The Morgan fingerprint density at radius 2 is 2.27 bits per heavy atom. The van der Waals surface area contributed by atoms with Crippen molar-refractivity contribution in [3.05, 3.63) is 17.5 Å². The second-order valence-electron chi connectivity index (χ2n) is 6.38. The SMILES string of the molecule is CC[C@H](C)n1ncc(C(=O)N[C@H]2CCCNC2=O)c1C1CC1. The quantitative estimate of drug-likeness (QED) is 0.870. The fraction of sp³-hybridized carbons (Fsp3) is 0.688. The van der Waals surface area contributed by atoms with E-state index in [0.29, 0.717) is 24.4 Å². The van der Waals surface area contributed by atoms with Crippen molar-refractivity contribution in [3.63, 3.8) is 0 Å². The minimum absolute atomic E-state index is 0.0816. The summed E-state index contributed by atoms with van der Waals surface area (Å²) in [4.78, 5) is 24.4. The molecule has 2 heterocycles. The van der Waals surface area contributed by atoms with Crippen molar-refractivity contribution in [2.45, 2.75) is 64.0 Å². The van der Waals surface area contributed by atoms with Crippen molar-refractivity contribution < 1.29 is 9.59 Å². The average Bonchev–Trinajstić information content (AvgIpc) is 3.26. The Kier molecular flexibility index (Phi) is 4.18. The highest BCUT2D eigenvalue weighted by Crippen LogP contribution is 2.42. The lowest BCUT2D eigenvalue weighted by Gasteiger charge is -2.23. The fourth-order valence-corrected chi connectivity index (χ4v) is 2.98. The van der Waals surface area contributed by atoms with Crippen LogP contribution in [0.3, 0.4) is 0 Å². The van der Waals surface area contributed by atoms with Gasteiger partial charge in [-0.05, 0) is 39.0 Å². The highest BCUT2D eigenvalue weighted by atomic mass is 16.2. The van der Waals surface area contributed by atoms with Gasteiger partial charge in [-0.3, -0.25) is 14.3 Å². The topological polar surface area (TPSA) is 76.0 Å². The van der Waals surface area contributed by atoms with Gasteiger partial charge in [-0.25, -0.2) is 0 Å². The smallest absolute Gasteiger partial charge is 0.255 e. The van der Waals surface area contributed by atoms with E-state index in [0.717, 1.165) is 31.4 Å². The van der Waals surface area contributed by atoms with Gasteiger partial charge in [0.2, 0.25) is 5.91 Å². The van der Waals surface area contributed by atoms with Crippen LogP contribution in [0.5, 0.6) is 0 Å². The van der Waals surface area contributed by atoms with Gasteiger partial charge in [0.1, 0.15) is 6.04 Å². The maximum absolute atomic E-state index is 12.6. The first kappa shape index (κ1) is 15.1. The maximum Gasteiger partial charge on any atom is 0.255 e. The molecule has 0 unspecified atom stereocenters. The van der Waals surface area contributed by atoms with Gasteiger partial charge in [-0.15, -0.1) is 0 Å². The predicted octanol–water partition coefficient (Wildman–Crippen LogP) is 1.74. The summed E-state index contributed by atoms with van der Waals surface area (Å²) in [5.41, 5.74) is 1.68. The minimum Gasteiger partial charge on any atom is -0.354 e. The molecule has 0 bridgehead atoms. The maximum atomic E-state index is 12.6. The van der Waals surface area contributed by atoms with E-state index in [1.807, 2.05) is 4.68 Å². The third kappa shape index (κ3) is 2.87. The first-order valence-corrected chi connectivity index (χ1v) is 8.27. The molecular formula is C16H24N4O2. The van der Waals surface area contributed by atoms with Gasteiger partial charge in [-0.1, -0.05) is 6.92 Å². The first-order valence-electron chi connectivity index (χ1n) is 8.27. The largest absolute Gasteiger partial charge is 0.354 e. The molecule has 2 fully saturated rings. The Morgan fingerprint density at radius 1 is 1.50 bits per heavy atom. The second kappa shape index (κ2) is 6.10. The molecule has 1 aliphatic carbocycles. The van der Waals surface area contributed by atoms with Gasteiger partial charge >= 0.3 is 0 Å². The number of nitrogens with one attached hydrogen (secondary N) is 2. The number of hydrogen-bond acceptors (Lipinski definition) is 3. The summed E-state index contributed by atoms with van der Waals surface area (Å²) in [5, 5.41) is 10.1. The monoisotopic (exact) mass is 304 g/mol. The Labute approximate surface area is 130 Å². The van der Waals surface area contributed by atoms with Crippen molar-refractivity contribution in [3.8, 4) is 0 Å². The lowest BCUT2D eigenvalue weighted by molar-refractivity contribution is -0.124. The molecule has 6 nitrogen and oxygen atoms in total. The van der Waals surface area contributed by atoms with Crippen molar-refractivity contribution in [1.29, 1.82) is 0 Å². The van der Waals surface area contributed by atoms with Crippen LogP contribution in [0.15, 0.2) is 6.20 Å². The predicted molar refractivity (Wildman–Crippen MR) is 82.7 cm³/mol. The van der Waals surface area contributed by atoms with Crippen molar-refractivity contribution >= 4 is 11.8 Å². The highest BCUT2D eigenvalue weighted by molar-refractivity contribution is 5.98. The fourth-order valence-electron chi connectivity index (χ4n) is 2.98. The molecular weight excluding hydrogens is 280 g/mol. The van der Waals surface area contributed by atoms with Crippen LogP contribution >= 0.6 is 0 Å². The highest BCUT2D eigenvalue weighted by Gasteiger charge is 2.34. The molecule has 0 radical (unpaired) electrons. The van der Waals surface area contributed by atoms with E-state index < -0.39 is 6.04 Å². The number of aromatic nitrogens is 2.